The number of alkyl carbamates (subject to hydrolysis) is 1. The lowest BCUT2D eigenvalue weighted by atomic mass is 10.2. The number of amides is 1. The summed E-state index contributed by atoms with van der Waals surface area (Å²) in [5, 5.41) is 2.64. The molecule has 0 aliphatic carbocycles. The van der Waals surface area contributed by atoms with Gasteiger partial charge in [0.25, 0.3) is 0 Å². The summed E-state index contributed by atoms with van der Waals surface area (Å²) in [6, 6.07) is 1.79. The third kappa shape index (κ3) is 5.07. The second-order valence-electron chi connectivity index (χ2n) is 4.67. The van der Waals surface area contributed by atoms with Crippen molar-refractivity contribution < 1.29 is 14.3 Å². The Morgan fingerprint density at radius 2 is 2.17 bits per heavy atom. The predicted octanol–water partition coefficient (Wildman–Crippen LogP) is 2.72. The number of halogens is 1. The van der Waals surface area contributed by atoms with Crippen LogP contribution in [-0.2, 0) is 11.3 Å². The summed E-state index contributed by atoms with van der Waals surface area (Å²) in [4.78, 5) is 15.7. The van der Waals surface area contributed by atoms with Gasteiger partial charge in [-0.1, -0.05) is 0 Å². The molecular weight excluding hydrogens is 347 g/mol. The van der Waals surface area contributed by atoms with Crippen LogP contribution in [0.15, 0.2) is 12.3 Å². The van der Waals surface area contributed by atoms with E-state index in [1.165, 1.54) is 0 Å². The fourth-order valence-corrected chi connectivity index (χ4v) is 1.71. The number of nitrogens with one attached hydrogen (secondary N) is 1. The van der Waals surface area contributed by atoms with Gasteiger partial charge in [-0.2, -0.15) is 0 Å². The number of rotatable bonds is 3. The molecule has 0 radical (unpaired) electrons. The van der Waals surface area contributed by atoms with Crippen molar-refractivity contribution in [1.29, 1.82) is 0 Å². The van der Waals surface area contributed by atoms with Crippen molar-refractivity contribution in [3.63, 3.8) is 0 Å². The molecule has 0 unspecified atom stereocenters. The van der Waals surface area contributed by atoms with Gasteiger partial charge in [-0.3, -0.25) is 4.98 Å². The highest BCUT2D eigenvalue weighted by Gasteiger charge is 2.15. The van der Waals surface area contributed by atoms with Crippen molar-refractivity contribution >= 4 is 28.7 Å². The van der Waals surface area contributed by atoms with E-state index in [4.69, 9.17) is 9.47 Å². The Morgan fingerprint density at radius 1 is 1.50 bits per heavy atom. The molecule has 5 nitrogen and oxygen atoms in total. The molecular formula is C12H17IN2O3. The number of hydrogen-bond donors (Lipinski definition) is 1. The van der Waals surface area contributed by atoms with Gasteiger partial charge in [0.15, 0.2) is 0 Å². The first-order valence-corrected chi connectivity index (χ1v) is 6.55. The number of carbonyl (C=O) groups excluding carboxylic acids is 1. The van der Waals surface area contributed by atoms with Gasteiger partial charge in [-0.15, -0.1) is 0 Å². The Balaban J connectivity index is 2.56. The molecule has 0 spiro atoms. The van der Waals surface area contributed by atoms with Gasteiger partial charge in [0.2, 0.25) is 0 Å². The van der Waals surface area contributed by atoms with Crippen LogP contribution in [-0.4, -0.2) is 23.8 Å². The summed E-state index contributed by atoms with van der Waals surface area (Å²) in [6.45, 7) is 5.76. The zero-order chi connectivity index (χ0) is 13.8. The van der Waals surface area contributed by atoms with Gasteiger partial charge >= 0.3 is 6.09 Å². The fraction of sp³-hybridized carbons (Fsp3) is 0.500. The van der Waals surface area contributed by atoms with Crippen LogP contribution in [0.3, 0.4) is 0 Å². The van der Waals surface area contributed by atoms with Gasteiger partial charge in [-0.25, -0.2) is 4.79 Å². The lowest BCUT2D eigenvalue weighted by Crippen LogP contribution is -2.32. The summed E-state index contributed by atoms with van der Waals surface area (Å²) in [5.41, 5.74) is 0.222. The molecule has 0 aromatic carbocycles. The van der Waals surface area contributed by atoms with Crippen LogP contribution >= 0.6 is 22.6 Å². The highest BCUT2D eigenvalue weighted by atomic mass is 127. The number of pyridine rings is 1. The maximum absolute atomic E-state index is 11.5. The molecule has 0 bridgehead atoms. The first-order valence-electron chi connectivity index (χ1n) is 5.47. The first-order chi connectivity index (χ1) is 8.31. The van der Waals surface area contributed by atoms with Crippen molar-refractivity contribution in [3.05, 3.63) is 21.5 Å². The second kappa shape index (κ2) is 6.21. The van der Waals surface area contributed by atoms with Crippen LogP contribution in [0.1, 0.15) is 26.5 Å². The summed E-state index contributed by atoms with van der Waals surface area (Å²) in [5.74, 6) is 0.742. The number of hydrogen-bond acceptors (Lipinski definition) is 4. The monoisotopic (exact) mass is 364 g/mol. The van der Waals surface area contributed by atoms with Crippen molar-refractivity contribution in [2.24, 2.45) is 0 Å². The van der Waals surface area contributed by atoms with E-state index in [1.54, 1.807) is 19.4 Å². The second-order valence-corrected chi connectivity index (χ2v) is 5.83. The molecule has 1 heterocycles. The number of ether oxygens (including phenoxy) is 2. The van der Waals surface area contributed by atoms with Gasteiger partial charge in [-0.05, 0) is 43.4 Å². The van der Waals surface area contributed by atoms with E-state index in [0.29, 0.717) is 6.54 Å². The van der Waals surface area contributed by atoms with Crippen LogP contribution in [0.5, 0.6) is 5.75 Å². The standard InChI is InChI=1S/C12H17IN2O3/c1-12(2,3)18-11(16)15-6-8-5-10(17-4)9(13)7-14-8/h5,7H,6H2,1-4H3,(H,15,16). The predicted molar refractivity (Wildman–Crippen MR) is 76.6 cm³/mol. The molecule has 1 amide bonds. The average molecular weight is 364 g/mol. The van der Waals surface area contributed by atoms with E-state index in [2.05, 4.69) is 32.9 Å². The molecule has 0 saturated heterocycles. The minimum Gasteiger partial charge on any atom is -0.496 e. The van der Waals surface area contributed by atoms with Crippen LogP contribution in [0.4, 0.5) is 4.79 Å². The molecule has 0 aliphatic heterocycles. The Morgan fingerprint density at radius 3 is 2.72 bits per heavy atom. The van der Waals surface area contributed by atoms with E-state index < -0.39 is 11.7 Å². The smallest absolute Gasteiger partial charge is 0.407 e. The lowest BCUT2D eigenvalue weighted by molar-refractivity contribution is 0.0523. The minimum atomic E-state index is -0.499. The van der Waals surface area contributed by atoms with Crippen molar-refractivity contribution in [1.82, 2.24) is 10.3 Å². The van der Waals surface area contributed by atoms with Crippen LogP contribution < -0.4 is 10.1 Å². The Bertz CT molecular complexity index is 430. The van der Waals surface area contributed by atoms with E-state index >= 15 is 0 Å². The third-order valence-corrected chi connectivity index (χ3v) is 2.72. The quantitative estimate of drug-likeness (QED) is 0.838. The third-order valence-electron chi connectivity index (χ3n) is 1.91. The highest BCUT2D eigenvalue weighted by Crippen LogP contribution is 2.19. The van der Waals surface area contributed by atoms with E-state index in [0.717, 1.165) is 15.0 Å². The number of carbonyl (C=O) groups is 1. The Kier molecular flexibility index (Phi) is 5.18. The Hall–Kier alpha value is -1.05. The van der Waals surface area contributed by atoms with Crippen LogP contribution in [0.2, 0.25) is 0 Å². The number of aromatic nitrogens is 1. The SMILES string of the molecule is COc1cc(CNC(=O)OC(C)(C)C)ncc1I. The molecule has 18 heavy (non-hydrogen) atoms. The average Bonchev–Trinajstić information content (AvgIpc) is 2.25. The Labute approximate surface area is 120 Å². The summed E-state index contributed by atoms with van der Waals surface area (Å²) in [7, 11) is 1.60. The summed E-state index contributed by atoms with van der Waals surface area (Å²) < 4.78 is 11.2. The topological polar surface area (TPSA) is 60.5 Å². The molecule has 1 N–H and O–H groups in total. The molecule has 6 heteroatoms. The summed E-state index contributed by atoms with van der Waals surface area (Å²) >= 11 is 2.14. The fourth-order valence-electron chi connectivity index (χ4n) is 1.19. The van der Waals surface area contributed by atoms with E-state index in [-0.39, 0.29) is 0 Å². The molecule has 0 fully saturated rings. The molecule has 0 saturated carbocycles. The zero-order valence-corrected chi connectivity index (χ0v) is 13.1. The van der Waals surface area contributed by atoms with Gasteiger partial charge < -0.3 is 14.8 Å². The van der Waals surface area contributed by atoms with Gasteiger partial charge in [0.05, 0.1) is 22.9 Å². The van der Waals surface area contributed by atoms with E-state index in [9.17, 15) is 4.79 Å². The first kappa shape index (κ1) is 15.0. The van der Waals surface area contributed by atoms with Crippen molar-refractivity contribution in [3.8, 4) is 5.75 Å². The number of nitrogens with zero attached hydrogens (tertiary/aromatic N) is 1. The maximum Gasteiger partial charge on any atom is 0.407 e. The van der Waals surface area contributed by atoms with Crippen LogP contribution in [0.25, 0.3) is 0 Å². The zero-order valence-electron chi connectivity index (χ0n) is 10.9. The van der Waals surface area contributed by atoms with Crippen molar-refractivity contribution in [2.45, 2.75) is 32.9 Å². The molecule has 0 atom stereocenters. The van der Waals surface area contributed by atoms with Crippen LogP contribution in [0, 0.1) is 3.57 Å². The van der Waals surface area contributed by atoms with Gasteiger partial charge in [0.1, 0.15) is 11.4 Å². The largest absolute Gasteiger partial charge is 0.496 e. The maximum atomic E-state index is 11.5. The normalized spacial score (nSPS) is 10.9. The molecule has 1 rings (SSSR count). The number of methoxy groups -OCH3 is 1. The van der Waals surface area contributed by atoms with Crippen molar-refractivity contribution in [2.75, 3.05) is 7.11 Å². The minimum absolute atomic E-state index is 0.308. The molecule has 100 valence electrons. The molecule has 1 aromatic rings. The molecule has 0 aliphatic rings. The molecule has 1 aromatic heterocycles. The van der Waals surface area contributed by atoms with E-state index in [1.807, 2.05) is 20.8 Å². The van der Waals surface area contributed by atoms with Gasteiger partial charge in [0, 0.05) is 12.3 Å². The lowest BCUT2D eigenvalue weighted by Gasteiger charge is -2.19. The highest BCUT2D eigenvalue weighted by molar-refractivity contribution is 14.1. The summed E-state index contributed by atoms with van der Waals surface area (Å²) in [6.07, 6.45) is 1.24.